The highest BCUT2D eigenvalue weighted by Gasteiger charge is 2.16. The number of hydrogen-bond donors (Lipinski definition) is 2. The first kappa shape index (κ1) is 17.6. The van der Waals surface area contributed by atoms with Crippen molar-refractivity contribution in [3.63, 3.8) is 0 Å². The Hall–Kier alpha value is -1.46. The van der Waals surface area contributed by atoms with Crippen LogP contribution in [0.15, 0.2) is 12.1 Å². The van der Waals surface area contributed by atoms with Crippen LogP contribution in [0, 0.1) is 0 Å². The van der Waals surface area contributed by atoms with E-state index in [9.17, 15) is 4.79 Å². The van der Waals surface area contributed by atoms with E-state index in [1.165, 1.54) is 0 Å². The molecule has 3 N–H and O–H groups in total. The van der Waals surface area contributed by atoms with Crippen molar-refractivity contribution in [2.45, 2.75) is 26.7 Å². The van der Waals surface area contributed by atoms with E-state index >= 15 is 0 Å². The number of unbranched alkanes of at least 4 members (excludes halogenated alkanes) is 1. The number of rotatable bonds is 9. The average molecular weight is 315 g/mol. The molecule has 0 amide bonds. The van der Waals surface area contributed by atoms with Crippen LogP contribution >= 0.6 is 11.6 Å². The van der Waals surface area contributed by atoms with Crippen molar-refractivity contribution < 1.29 is 14.3 Å². The molecule has 1 aromatic rings. The lowest BCUT2D eigenvalue weighted by molar-refractivity contribution is 0.0527. The summed E-state index contributed by atoms with van der Waals surface area (Å²) in [5.74, 6) is -0.443. The number of esters is 1. The molecular formula is C15H23ClN2O3. The summed E-state index contributed by atoms with van der Waals surface area (Å²) in [6, 6.07) is 3.16. The molecular weight excluding hydrogens is 292 g/mol. The van der Waals surface area contributed by atoms with Crippen LogP contribution < -0.4 is 11.1 Å². The van der Waals surface area contributed by atoms with Gasteiger partial charge in [-0.25, -0.2) is 4.79 Å². The fourth-order valence-corrected chi connectivity index (χ4v) is 2.07. The standard InChI is InChI=1S/C15H23ClN2O3/c1-3-5-7-20-8-6-18-14-12(15(19)21-4-2)9-11(17)10-13(14)16/h9-10,18H,3-8,17H2,1-2H3. The summed E-state index contributed by atoms with van der Waals surface area (Å²) in [6.07, 6.45) is 2.14. The molecule has 5 nitrogen and oxygen atoms in total. The molecule has 0 fully saturated rings. The summed E-state index contributed by atoms with van der Waals surface area (Å²) >= 11 is 6.15. The van der Waals surface area contributed by atoms with E-state index in [4.69, 9.17) is 26.8 Å². The van der Waals surface area contributed by atoms with Crippen molar-refractivity contribution in [1.82, 2.24) is 0 Å². The average Bonchev–Trinajstić information content (AvgIpc) is 2.44. The van der Waals surface area contributed by atoms with Crippen molar-refractivity contribution in [3.05, 3.63) is 22.7 Å². The molecule has 21 heavy (non-hydrogen) atoms. The van der Waals surface area contributed by atoms with Crippen LogP contribution in [0.1, 0.15) is 37.0 Å². The van der Waals surface area contributed by atoms with Gasteiger partial charge in [-0.05, 0) is 25.5 Å². The lowest BCUT2D eigenvalue weighted by Crippen LogP contribution is -2.15. The van der Waals surface area contributed by atoms with Gasteiger partial charge in [0.1, 0.15) is 0 Å². The minimum atomic E-state index is -0.443. The van der Waals surface area contributed by atoms with Crippen molar-refractivity contribution in [3.8, 4) is 0 Å². The Bertz CT molecular complexity index is 466. The zero-order valence-corrected chi connectivity index (χ0v) is 13.3. The van der Waals surface area contributed by atoms with Gasteiger partial charge >= 0.3 is 5.97 Å². The SMILES string of the molecule is CCCCOCCNc1c(Cl)cc(N)cc1C(=O)OCC. The predicted octanol–water partition coefficient (Wildman–Crippen LogP) is 3.33. The van der Waals surface area contributed by atoms with E-state index in [-0.39, 0.29) is 0 Å². The highest BCUT2D eigenvalue weighted by atomic mass is 35.5. The van der Waals surface area contributed by atoms with E-state index in [0.29, 0.717) is 41.7 Å². The van der Waals surface area contributed by atoms with E-state index < -0.39 is 5.97 Å². The Balaban J connectivity index is 2.69. The molecule has 0 aliphatic rings. The van der Waals surface area contributed by atoms with Gasteiger partial charge in [0.05, 0.1) is 29.5 Å². The zero-order chi connectivity index (χ0) is 15.7. The Morgan fingerprint density at radius 1 is 1.33 bits per heavy atom. The Morgan fingerprint density at radius 3 is 2.76 bits per heavy atom. The highest BCUT2D eigenvalue weighted by molar-refractivity contribution is 6.34. The molecule has 0 saturated carbocycles. The molecule has 0 aliphatic heterocycles. The van der Waals surface area contributed by atoms with Crippen molar-refractivity contribution in [2.24, 2.45) is 0 Å². The molecule has 6 heteroatoms. The van der Waals surface area contributed by atoms with Gasteiger partial charge in [0.25, 0.3) is 0 Å². The second-order valence-electron chi connectivity index (χ2n) is 4.54. The molecule has 0 heterocycles. The van der Waals surface area contributed by atoms with Gasteiger partial charge in [-0.3, -0.25) is 0 Å². The first-order chi connectivity index (χ1) is 10.1. The molecule has 0 spiro atoms. The Labute approximate surface area is 130 Å². The fourth-order valence-electron chi connectivity index (χ4n) is 1.77. The third-order valence-electron chi connectivity index (χ3n) is 2.80. The molecule has 0 radical (unpaired) electrons. The van der Waals surface area contributed by atoms with Crippen LogP contribution in [-0.2, 0) is 9.47 Å². The maximum absolute atomic E-state index is 11.9. The lowest BCUT2D eigenvalue weighted by atomic mass is 10.1. The zero-order valence-electron chi connectivity index (χ0n) is 12.6. The van der Waals surface area contributed by atoms with Crippen molar-refractivity contribution >= 4 is 28.9 Å². The quantitative estimate of drug-likeness (QED) is 0.415. The van der Waals surface area contributed by atoms with E-state index in [1.54, 1.807) is 19.1 Å². The largest absolute Gasteiger partial charge is 0.462 e. The molecule has 1 rings (SSSR count). The van der Waals surface area contributed by atoms with E-state index in [0.717, 1.165) is 19.4 Å². The first-order valence-corrected chi connectivity index (χ1v) is 7.55. The van der Waals surface area contributed by atoms with E-state index in [1.807, 2.05) is 0 Å². The number of carbonyl (C=O) groups excluding carboxylic acids is 1. The monoisotopic (exact) mass is 314 g/mol. The predicted molar refractivity (Wildman–Crippen MR) is 86.0 cm³/mol. The summed E-state index contributed by atoms with van der Waals surface area (Å²) in [5, 5.41) is 3.51. The Morgan fingerprint density at radius 2 is 2.10 bits per heavy atom. The van der Waals surface area contributed by atoms with Crippen LogP contribution in [0.2, 0.25) is 5.02 Å². The number of anilines is 2. The van der Waals surface area contributed by atoms with Crippen LogP contribution in [0.3, 0.4) is 0 Å². The number of benzene rings is 1. The van der Waals surface area contributed by atoms with Gasteiger partial charge in [-0.2, -0.15) is 0 Å². The Kier molecular flexibility index (Phi) is 7.93. The number of nitrogens with two attached hydrogens (primary N) is 1. The second-order valence-corrected chi connectivity index (χ2v) is 4.95. The van der Waals surface area contributed by atoms with Crippen molar-refractivity contribution in [1.29, 1.82) is 0 Å². The van der Waals surface area contributed by atoms with Crippen LogP contribution in [-0.4, -0.2) is 32.3 Å². The summed E-state index contributed by atoms with van der Waals surface area (Å²) < 4.78 is 10.5. The second kappa shape index (κ2) is 9.47. The van der Waals surface area contributed by atoms with Crippen LogP contribution in [0.25, 0.3) is 0 Å². The molecule has 0 bridgehead atoms. The topological polar surface area (TPSA) is 73.6 Å². The third-order valence-corrected chi connectivity index (χ3v) is 3.10. The van der Waals surface area contributed by atoms with E-state index in [2.05, 4.69) is 12.2 Å². The highest BCUT2D eigenvalue weighted by Crippen LogP contribution is 2.29. The maximum atomic E-state index is 11.9. The molecule has 0 aliphatic carbocycles. The van der Waals surface area contributed by atoms with Gasteiger partial charge in [-0.1, -0.05) is 24.9 Å². The van der Waals surface area contributed by atoms with Gasteiger partial charge in [0.15, 0.2) is 0 Å². The van der Waals surface area contributed by atoms with Crippen LogP contribution in [0.4, 0.5) is 11.4 Å². The number of ether oxygens (including phenoxy) is 2. The lowest BCUT2D eigenvalue weighted by Gasteiger charge is -2.14. The number of carbonyl (C=O) groups is 1. The van der Waals surface area contributed by atoms with Gasteiger partial charge in [0.2, 0.25) is 0 Å². The van der Waals surface area contributed by atoms with Crippen molar-refractivity contribution in [2.75, 3.05) is 37.4 Å². The normalized spacial score (nSPS) is 10.4. The summed E-state index contributed by atoms with van der Waals surface area (Å²) in [4.78, 5) is 11.9. The van der Waals surface area contributed by atoms with Gasteiger partial charge in [-0.15, -0.1) is 0 Å². The molecule has 0 unspecified atom stereocenters. The van der Waals surface area contributed by atoms with Gasteiger partial charge < -0.3 is 20.5 Å². The van der Waals surface area contributed by atoms with Gasteiger partial charge in [0, 0.05) is 18.8 Å². The molecule has 118 valence electrons. The number of hydrogen-bond acceptors (Lipinski definition) is 5. The minimum Gasteiger partial charge on any atom is -0.462 e. The number of halogens is 1. The molecule has 1 aromatic carbocycles. The molecule has 0 aromatic heterocycles. The minimum absolute atomic E-state index is 0.296. The summed E-state index contributed by atoms with van der Waals surface area (Å²) in [7, 11) is 0. The third kappa shape index (κ3) is 5.81. The van der Waals surface area contributed by atoms with Crippen LogP contribution in [0.5, 0.6) is 0 Å². The molecule has 0 saturated heterocycles. The summed E-state index contributed by atoms with van der Waals surface area (Å²) in [5.41, 5.74) is 7.03. The summed E-state index contributed by atoms with van der Waals surface area (Å²) in [6.45, 7) is 5.99. The maximum Gasteiger partial charge on any atom is 0.340 e. The number of nitrogen functional groups attached to an aromatic ring is 1. The smallest absolute Gasteiger partial charge is 0.340 e. The molecule has 0 atom stereocenters. The fraction of sp³-hybridized carbons (Fsp3) is 0.533. The number of nitrogens with one attached hydrogen (secondary N) is 1. The first-order valence-electron chi connectivity index (χ1n) is 7.17.